The number of urea groups is 1. The number of carbonyl (C=O) groups excluding carboxylic acids is 1. The number of carboxylic acids is 1. The molecule has 130 valence electrons. The lowest BCUT2D eigenvalue weighted by Gasteiger charge is -2.43. The summed E-state index contributed by atoms with van der Waals surface area (Å²) in [7, 11) is 0. The number of nitrogens with one attached hydrogen (secondary N) is 1. The highest BCUT2D eigenvalue weighted by atomic mass is 19.1. The molecule has 1 aromatic carbocycles. The van der Waals surface area contributed by atoms with E-state index >= 15 is 0 Å². The Morgan fingerprint density at radius 3 is 2.33 bits per heavy atom. The van der Waals surface area contributed by atoms with Gasteiger partial charge in [-0.15, -0.1) is 0 Å². The van der Waals surface area contributed by atoms with Gasteiger partial charge in [-0.05, 0) is 43.4 Å². The van der Waals surface area contributed by atoms with Crippen LogP contribution in [0.3, 0.4) is 0 Å². The average Bonchev–Trinajstić information content (AvgIpc) is 2.55. The lowest BCUT2D eigenvalue weighted by atomic mass is 9.64. The molecule has 1 saturated carbocycles. The molecule has 0 atom stereocenters. The van der Waals surface area contributed by atoms with E-state index in [4.69, 9.17) is 5.11 Å². The van der Waals surface area contributed by atoms with Crippen molar-refractivity contribution in [2.75, 3.05) is 19.6 Å². The van der Waals surface area contributed by atoms with Crippen LogP contribution < -0.4 is 5.32 Å². The van der Waals surface area contributed by atoms with E-state index in [1.54, 1.807) is 17.0 Å². The van der Waals surface area contributed by atoms with Crippen molar-refractivity contribution in [3.63, 3.8) is 0 Å². The fraction of sp³-hybridized carbons (Fsp3) is 0.556. The number of hydrogen-bond donors (Lipinski definition) is 2. The Bertz CT molecular complexity index is 605. The molecule has 0 bridgehead atoms. The van der Waals surface area contributed by atoms with Gasteiger partial charge in [0.05, 0.1) is 5.92 Å². The largest absolute Gasteiger partial charge is 0.481 e. The van der Waals surface area contributed by atoms with Gasteiger partial charge in [0.25, 0.3) is 0 Å². The summed E-state index contributed by atoms with van der Waals surface area (Å²) in [5, 5.41) is 12.0. The van der Waals surface area contributed by atoms with E-state index in [9.17, 15) is 14.0 Å². The van der Waals surface area contributed by atoms with Crippen molar-refractivity contribution in [1.82, 2.24) is 10.2 Å². The quantitative estimate of drug-likeness (QED) is 0.889. The fourth-order valence-corrected chi connectivity index (χ4v) is 3.66. The molecule has 2 amide bonds. The number of rotatable bonds is 4. The van der Waals surface area contributed by atoms with E-state index in [1.165, 1.54) is 12.1 Å². The van der Waals surface area contributed by atoms with Crippen molar-refractivity contribution in [1.29, 1.82) is 0 Å². The number of halogens is 1. The van der Waals surface area contributed by atoms with Crippen LogP contribution in [0.2, 0.25) is 0 Å². The molecule has 1 aliphatic carbocycles. The molecule has 1 saturated heterocycles. The maximum atomic E-state index is 13.1. The molecule has 0 spiro atoms. The monoisotopic (exact) mass is 334 g/mol. The molecule has 0 radical (unpaired) electrons. The summed E-state index contributed by atoms with van der Waals surface area (Å²) in [4.78, 5) is 25.0. The zero-order valence-electron chi connectivity index (χ0n) is 13.6. The molecule has 2 N–H and O–H groups in total. The average molecular weight is 334 g/mol. The Labute approximate surface area is 140 Å². The molecular formula is C18H23FN2O3. The zero-order chi connectivity index (χ0) is 17.2. The molecule has 1 aromatic rings. The van der Waals surface area contributed by atoms with Gasteiger partial charge in [0.2, 0.25) is 0 Å². The summed E-state index contributed by atoms with van der Waals surface area (Å²) in [6.07, 6.45) is 4.09. The van der Waals surface area contributed by atoms with Crippen LogP contribution >= 0.6 is 0 Å². The summed E-state index contributed by atoms with van der Waals surface area (Å²) in [5.41, 5.74) is 0.975. The van der Waals surface area contributed by atoms with Gasteiger partial charge in [-0.25, -0.2) is 9.18 Å². The number of nitrogens with zero attached hydrogens (tertiary/aromatic N) is 1. The standard InChI is InChI=1S/C18H23FN2O3/c19-15-4-2-14(3-5-15)18(8-1-9-18)12-20-17(24)21-10-6-13(7-11-21)16(22)23/h2-5,13H,1,6-12H2,(H,20,24)(H,22,23). The van der Waals surface area contributed by atoms with Crippen molar-refractivity contribution in [2.45, 2.75) is 37.5 Å². The minimum Gasteiger partial charge on any atom is -0.481 e. The SMILES string of the molecule is O=C(O)C1CCN(C(=O)NCC2(c3ccc(F)cc3)CCC2)CC1. The van der Waals surface area contributed by atoms with Crippen LogP contribution in [0.25, 0.3) is 0 Å². The van der Waals surface area contributed by atoms with Crippen molar-refractivity contribution in [3.05, 3.63) is 35.6 Å². The van der Waals surface area contributed by atoms with E-state index in [0.29, 0.717) is 32.5 Å². The Kier molecular flexibility index (Phi) is 4.73. The van der Waals surface area contributed by atoms with E-state index in [2.05, 4.69) is 5.32 Å². The van der Waals surface area contributed by atoms with Crippen LogP contribution in [-0.2, 0) is 10.2 Å². The van der Waals surface area contributed by atoms with Crippen LogP contribution in [0.1, 0.15) is 37.7 Å². The summed E-state index contributed by atoms with van der Waals surface area (Å²) in [5.74, 6) is -1.37. The van der Waals surface area contributed by atoms with Crippen LogP contribution in [0.4, 0.5) is 9.18 Å². The molecule has 1 heterocycles. The molecule has 6 heteroatoms. The predicted molar refractivity (Wildman–Crippen MR) is 87.3 cm³/mol. The Hall–Kier alpha value is -2.11. The van der Waals surface area contributed by atoms with E-state index in [0.717, 1.165) is 24.8 Å². The smallest absolute Gasteiger partial charge is 0.317 e. The first-order chi connectivity index (χ1) is 11.5. The summed E-state index contributed by atoms with van der Waals surface area (Å²) in [6.45, 7) is 1.50. The Morgan fingerprint density at radius 1 is 1.21 bits per heavy atom. The third-order valence-electron chi connectivity index (χ3n) is 5.48. The number of piperidine rings is 1. The van der Waals surface area contributed by atoms with Gasteiger partial charge in [0.15, 0.2) is 0 Å². The molecule has 2 fully saturated rings. The summed E-state index contributed by atoms with van der Waals surface area (Å²) in [6, 6.07) is 6.41. The lowest BCUT2D eigenvalue weighted by molar-refractivity contribution is -0.143. The van der Waals surface area contributed by atoms with Crippen LogP contribution in [0.15, 0.2) is 24.3 Å². The normalized spacial score (nSPS) is 20.3. The van der Waals surface area contributed by atoms with Gasteiger partial charge < -0.3 is 15.3 Å². The van der Waals surface area contributed by atoms with Gasteiger partial charge in [-0.2, -0.15) is 0 Å². The van der Waals surface area contributed by atoms with Gasteiger partial charge in [-0.1, -0.05) is 18.6 Å². The molecule has 3 rings (SSSR count). The van der Waals surface area contributed by atoms with Crippen LogP contribution in [0.5, 0.6) is 0 Å². The van der Waals surface area contributed by atoms with Gasteiger partial charge in [-0.3, -0.25) is 4.79 Å². The molecule has 0 unspecified atom stereocenters. The number of likely N-dealkylation sites (tertiary alicyclic amines) is 1. The number of benzene rings is 1. The highest BCUT2D eigenvalue weighted by Gasteiger charge is 2.39. The first-order valence-electron chi connectivity index (χ1n) is 8.52. The first-order valence-corrected chi connectivity index (χ1v) is 8.52. The second kappa shape index (κ2) is 6.79. The molecule has 5 nitrogen and oxygen atoms in total. The summed E-state index contributed by atoms with van der Waals surface area (Å²) >= 11 is 0. The Morgan fingerprint density at radius 2 is 1.83 bits per heavy atom. The summed E-state index contributed by atoms with van der Waals surface area (Å²) < 4.78 is 13.1. The van der Waals surface area contributed by atoms with Crippen molar-refractivity contribution in [3.8, 4) is 0 Å². The number of carbonyl (C=O) groups is 2. The van der Waals surface area contributed by atoms with E-state index < -0.39 is 5.97 Å². The fourth-order valence-electron chi connectivity index (χ4n) is 3.66. The van der Waals surface area contributed by atoms with Gasteiger partial charge >= 0.3 is 12.0 Å². The maximum absolute atomic E-state index is 13.1. The number of aliphatic carboxylic acids is 1. The van der Waals surface area contributed by atoms with Crippen LogP contribution in [0, 0.1) is 11.7 Å². The third kappa shape index (κ3) is 3.37. The molecule has 24 heavy (non-hydrogen) atoms. The number of amides is 2. The van der Waals surface area contributed by atoms with Gasteiger partial charge in [0, 0.05) is 25.0 Å². The second-order valence-corrected chi connectivity index (χ2v) is 6.90. The van der Waals surface area contributed by atoms with E-state index in [-0.39, 0.29) is 23.2 Å². The third-order valence-corrected chi connectivity index (χ3v) is 5.48. The predicted octanol–water partition coefficient (Wildman–Crippen LogP) is 2.75. The van der Waals surface area contributed by atoms with Crippen LogP contribution in [-0.4, -0.2) is 41.6 Å². The number of carboxylic acid groups (broad SMARTS) is 1. The van der Waals surface area contributed by atoms with Crippen molar-refractivity contribution in [2.24, 2.45) is 5.92 Å². The minimum atomic E-state index is -0.778. The second-order valence-electron chi connectivity index (χ2n) is 6.90. The Balaban J connectivity index is 1.55. The zero-order valence-corrected chi connectivity index (χ0v) is 13.6. The molecule has 0 aromatic heterocycles. The topological polar surface area (TPSA) is 69.6 Å². The highest BCUT2D eigenvalue weighted by molar-refractivity contribution is 5.75. The maximum Gasteiger partial charge on any atom is 0.317 e. The first kappa shape index (κ1) is 16.7. The number of hydrogen-bond acceptors (Lipinski definition) is 2. The van der Waals surface area contributed by atoms with E-state index in [1.807, 2.05) is 0 Å². The lowest BCUT2D eigenvalue weighted by Crippen LogP contribution is -2.51. The molecule has 1 aliphatic heterocycles. The molecular weight excluding hydrogens is 311 g/mol. The minimum absolute atomic E-state index is 0.0945. The van der Waals surface area contributed by atoms with Crippen molar-refractivity contribution >= 4 is 12.0 Å². The van der Waals surface area contributed by atoms with Gasteiger partial charge in [0.1, 0.15) is 5.82 Å². The molecule has 2 aliphatic rings. The van der Waals surface area contributed by atoms with Crippen molar-refractivity contribution < 1.29 is 19.1 Å². The highest BCUT2D eigenvalue weighted by Crippen LogP contribution is 2.43.